The highest BCUT2D eigenvalue weighted by atomic mass is 16.6. The molecule has 198 valence electrons. The van der Waals surface area contributed by atoms with Gasteiger partial charge in [-0.05, 0) is 36.1 Å². The Bertz CT molecular complexity index is 1390. The smallest absolute Gasteiger partial charge is 0.411 e. The van der Waals surface area contributed by atoms with Crippen molar-refractivity contribution in [2.45, 2.75) is 37.1 Å². The summed E-state index contributed by atoms with van der Waals surface area (Å²) in [7, 11) is 0. The number of fused-ring (bicyclic) bond motifs is 3. The number of para-hydroxylation sites is 1. The van der Waals surface area contributed by atoms with Gasteiger partial charge in [-0.2, -0.15) is 0 Å². The van der Waals surface area contributed by atoms with Crippen LogP contribution in [-0.2, 0) is 14.3 Å². The van der Waals surface area contributed by atoms with Crippen molar-refractivity contribution in [2.75, 3.05) is 5.32 Å². The fourth-order valence-corrected chi connectivity index (χ4v) is 6.18. The van der Waals surface area contributed by atoms with Gasteiger partial charge in [0.25, 0.3) is 0 Å². The first-order chi connectivity index (χ1) is 18.0. The Kier molecular flexibility index (Phi) is 6.00. The van der Waals surface area contributed by atoms with Crippen LogP contribution in [0, 0.1) is 17.8 Å². The molecular weight excluding hydrogens is 496 g/mol. The third-order valence-electron chi connectivity index (χ3n) is 7.92. The van der Waals surface area contributed by atoms with Crippen LogP contribution in [0.3, 0.4) is 0 Å². The molecule has 7 N–H and O–H groups in total. The predicted octanol–water partition coefficient (Wildman–Crippen LogP) is 1.53. The van der Waals surface area contributed by atoms with E-state index < -0.39 is 82.8 Å². The molecule has 3 aliphatic rings. The number of aromatic hydroxyl groups is 1. The average Bonchev–Trinajstić information content (AvgIpc) is 2.86. The zero-order chi connectivity index (χ0) is 27.5. The molecular formula is C27H26N2O9. The van der Waals surface area contributed by atoms with Gasteiger partial charge in [0.05, 0.1) is 11.7 Å². The van der Waals surface area contributed by atoms with Gasteiger partial charge in [0, 0.05) is 23.1 Å². The minimum absolute atomic E-state index is 0.123. The number of primary amides is 1. The number of benzene rings is 2. The van der Waals surface area contributed by atoms with Crippen molar-refractivity contribution in [2.24, 2.45) is 23.5 Å². The molecule has 2 amide bonds. The number of ether oxygens (including phenoxy) is 1. The lowest BCUT2D eigenvalue weighted by Gasteiger charge is -2.52. The quantitative estimate of drug-likeness (QED) is 0.324. The topological polar surface area (TPSA) is 196 Å². The molecule has 2 aromatic carbocycles. The van der Waals surface area contributed by atoms with Crippen LogP contribution in [0.1, 0.15) is 35.2 Å². The van der Waals surface area contributed by atoms with E-state index in [2.05, 4.69) is 5.32 Å². The lowest BCUT2D eigenvalue weighted by Crippen LogP contribution is -2.67. The molecule has 7 atom stereocenters. The molecule has 0 aromatic heterocycles. The molecule has 0 spiro atoms. The molecule has 1 fully saturated rings. The van der Waals surface area contributed by atoms with Gasteiger partial charge in [-0.25, -0.2) is 4.79 Å². The van der Waals surface area contributed by atoms with Crippen LogP contribution in [0.4, 0.5) is 10.5 Å². The number of rotatable bonds is 3. The molecule has 0 heterocycles. The fourth-order valence-electron chi connectivity index (χ4n) is 6.18. The zero-order valence-electron chi connectivity index (χ0n) is 20.2. The van der Waals surface area contributed by atoms with E-state index in [1.807, 2.05) is 0 Å². The van der Waals surface area contributed by atoms with Gasteiger partial charge in [-0.3, -0.25) is 19.7 Å². The lowest BCUT2D eigenvalue weighted by molar-refractivity contribution is -0.179. The van der Waals surface area contributed by atoms with Crippen molar-refractivity contribution < 1.29 is 44.3 Å². The lowest BCUT2D eigenvalue weighted by atomic mass is 9.54. The van der Waals surface area contributed by atoms with E-state index in [4.69, 9.17) is 10.5 Å². The first-order valence-electron chi connectivity index (χ1n) is 12.0. The Balaban J connectivity index is 1.68. The van der Waals surface area contributed by atoms with E-state index in [1.165, 1.54) is 12.1 Å². The number of aliphatic hydroxyl groups is 3. The number of phenolic OH excluding ortho intramolecular Hbond substituents is 1. The van der Waals surface area contributed by atoms with E-state index in [9.17, 15) is 39.6 Å². The highest BCUT2D eigenvalue weighted by Gasteiger charge is 2.67. The van der Waals surface area contributed by atoms with Gasteiger partial charge in [-0.1, -0.05) is 37.3 Å². The highest BCUT2D eigenvalue weighted by molar-refractivity contribution is 6.15. The molecule has 2 aromatic rings. The van der Waals surface area contributed by atoms with Crippen LogP contribution in [0.5, 0.6) is 5.75 Å². The summed E-state index contributed by atoms with van der Waals surface area (Å²) >= 11 is 0. The average molecular weight is 523 g/mol. The van der Waals surface area contributed by atoms with Crippen LogP contribution < -0.4 is 11.1 Å². The van der Waals surface area contributed by atoms with Crippen LogP contribution >= 0.6 is 0 Å². The number of phenols is 1. The second-order valence-electron chi connectivity index (χ2n) is 9.93. The van der Waals surface area contributed by atoms with E-state index in [0.29, 0.717) is 11.3 Å². The third-order valence-corrected chi connectivity index (χ3v) is 7.92. The maximum absolute atomic E-state index is 13.7. The molecule has 0 radical (unpaired) electrons. The Morgan fingerprint density at radius 2 is 1.76 bits per heavy atom. The Hall–Kier alpha value is -4.22. The van der Waals surface area contributed by atoms with Crippen molar-refractivity contribution in [3.8, 4) is 5.75 Å². The van der Waals surface area contributed by atoms with Gasteiger partial charge in [0.15, 0.2) is 17.2 Å². The van der Waals surface area contributed by atoms with Gasteiger partial charge >= 0.3 is 6.09 Å². The van der Waals surface area contributed by atoms with Crippen LogP contribution in [0.25, 0.3) is 0 Å². The number of aliphatic hydroxyl groups excluding tert-OH is 2. The molecule has 0 saturated heterocycles. The van der Waals surface area contributed by atoms with E-state index >= 15 is 0 Å². The molecule has 5 rings (SSSR count). The van der Waals surface area contributed by atoms with Gasteiger partial charge < -0.3 is 30.9 Å². The first kappa shape index (κ1) is 25.4. The largest absolute Gasteiger partial charge is 0.508 e. The summed E-state index contributed by atoms with van der Waals surface area (Å²) in [5.74, 6) is -9.77. The maximum atomic E-state index is 13.7. The van der Waals surface area contributed by atoms with E-state index in [1.54, 1.807) is 43.3 Å². The molecule has 0 bridgehead atoms. The molecule has 2 unspecified atom stereocenters. The summed E-state index contributed by atoms with van der Waals surface area (Å²) in [6.07, 6.45) is -4.45. The van der Waals surface area contributed by atoms with Crippen molar-refractivity contribution in [3.05, 3.63) is 71.0 Å². The van der Waals surface area contributed by atoms with Crippen LogP contribution in [0.15, 0.2) is 59.9 Å². The van der Waals surface area contributed by atoms with Gasteiger partial charge in [0.2, 0.25) is 5.91 Å². The SMILES string of the molecule is C[C@H]1c2cccc(O)c2C(=O)C2=C(O)[C@]3(O)C(=O)C(C(N)=O)C(O)C[C@@H]3[C@@H](OC(=O)Nc3ccccc3)[C@@H]21. The Labute approximate surface area is 216 Å². The van der Waals surface area contributed by atoms with Crippen molar-refractivity contribution in [1.29, 1.82) is 0 Å². The number of hydrogen-bond donors (Lipinski definition) is 6. The van der Waals surface area contributed by atoms with Crippen LogP contribution in [0.2, 0.25) is 0 Å². The summed E-state index contributed by atoms with van der Waals surface area (Å²) < 4.78 is 5.75. The van der Waals surface area contributed by atoms with Gasteiger partial charge in [-0.15, -0.1) is 0 Å². The number of ketones is 2. The first-order valence-corrected chi connectivity index (χ1v) is 12.0. The van der Waals surface area contributed by atoms with E-state index in [0.717, 1.165) is 0 Å². The normalized spacial score (nSPS) is 32.1. The molecule has 1 saturated carbocycles. The summed E-state index contributed by atoms with van der Waals surface area (Å²) in [4.78, 5) is 52.1. The number of amides is 2. The van der Waals surface area contributed by atoms with Crippen molar-refractivity contribution in [1.82, 2.24) is 0 Å². The number of carbonyl (C=O) groups excluding carboxylic acids is 4. The highest BCUT2D eigenvalue weighted by Crippen LogP contribution is 2.55. The summed E-state index contributed by atoms with van der Waals surface area (Å²) in [5, 5.41) is 46.7. The molecule has 11 nitrogen and oxygen atoms in total. The number of nitrogens with one attached hydrogen (secondary N) is 1. The second kappa shape index (κ2) is 8.96. The second-order valence-corrected chi connectivity index (χ2v) is 9.93. The number of hydrogen-bond acceptors (Lipinski definition) is 9. The standard InChI is InChI=1S/C27H26N2O9/c1-11-13-8-5-9-15(30)18(13)21(32)20-17(11)22(38-26(36)29-12-6-3-2-4-7-12)14-10-16(31)19(25(28)35)23(33)27(14,37)24(20)34/h2-9,11,14,16-17,19,22,30-31,34,37H,10H2,1H3,(H2,28,35)(H,29,36)/t11-,14+,16?,17+,19?,22+,27+/m0/s1. The number of carbonyl (C=O) groups is 4. The Morgan fingerprint density at radius 3 is 2.42 bits per heavy atom. The van der Waals surface area contributed by atoms with Crippen molar-refractivity contribution >= 4 is 29.3 Å². The number of Topliss-reactive ketones (excluding diaryl/α,β-unsaturated/α-hetero) is 2. The third kappa shape index (κ3) is 3.57. The molecule has 11 heteroatoms. The van der Waals surface area contributed by atoms with Crippen molar-refractivity contribution in [3.63, 3.8) is 0 Å². The monoisotopic (exact) mass is 522 g/mol. The Morgan fingerprint density at radius 1 is 1.08 bits per heavy atom. The van der Waals surface area contributed by atoms with Gasteiger partial charge in [0.1, 0.15) is 23.5 Å². The molecule has 0 aliphatic heterocycles. The maximum Gasteiger partial charge on any atom is 0.411 e. The predicted molar refractivity (Wildman–Crippen MR) is 131 cm³/mol. The summed E-state index contributed by atoms with van der Waals surface area (Å²) in [6.45, 7) is 1.69. The number of anilines is 1. The minimum Gasteiger partial charge on any atom is -0.508 e. The molecule has 38 heavy (non-hydrogen) atoms. The van der Waals surface area contributed by atoms with E-state index in [-0.39, 0.29) is 11.3 Å². The fraction of sp³-hybridized carbons (Fsp3) is 0.333. The van der Waals surface area contributed by atoms with Crippen LogP contribution in [-0.4, -0.2) is 61.8 Å². The molecule has 3 aliphatic carbocycles. The minimum atomic E-state index is -2.86. The number of nitrogens with two attached hydrogens (primary N) is 1. The zero-order valence-corrected chi connectivity index (χ0v) is 20.2. The summed E-state index contributed by atoms with van der Waals surface area (Å²) in [5.41, 5.74) is 2.71. The summed E-state index contributed by atoms with van der Waals surface area (Å²) in [6, 6.07) is 12.7.